The predicted molar refractivity (Wildman–Crippen MR) is 106 cm³/mol. The topological polar surface area (TPSA) is 65.3 Å². The molecule has 0 aromatic heterocycles. The van der Waals surface area contributed by atoms with Crippen molar-refractivity contribution in [3.05, 3.63) is 95.6 Å². The molecule has 0 saturated carbocycles. The molecule has 5 nitrogen and oxygen atoms in total. The summed E-state index contributed by atoms with van der Waals surface area (Å²) in [5, 5.41) is 18.0. The van der Waals surface area contributed by atoms with Gasteiger partial charge in [-0.3, -0.25) is 4.79 Å². The molecule has 3 aromatic carbocycles. The summed E-state index contributed by atoms with van der Waals surface area (Å²) in [6.45, 7) is 0.471. The molecule has 1 amide bonds. The van der Waals surface area contributed by atoms with Crippen LogP contribution >= 0.6 is 0 Å². The number of nitrogens with zero attached hydrogens (tertiary/aromatic N) is 3. The van der Waals surface area contributed by atoms with Gasteiger partial charge in [0.2, 0.25) is 0 Å². The Morgan fingerprint density at radius 3 is 2.41 bits per heavy atom. The SMILES string of the molecule is O=C1/C(=N\N=C/c2ccccc2O)c2ccccc2N1Cc1ccccc1. The first-order chi connectivity index (χ1) is 13.2. The third-order valence-corrected chi connectivity index (χ3v) is 4.37. The Balaban J connectivity index is 1.66. The number of anilines is 1. The second kappa shape index (κ2) is 7.25. The Bertz CT molecular complexity index is 1040. The number of carbonyl (C=O) groups is 1. The molecule has 1 aliphatic heterocycles. The molecule has 0 fully saturated rings. The van der Waals surface area contributed by atoms with Crippen LogP contribution in [0.3, 0.4) is 0 Å². The van der Waals surface area contributed by atoms with Gasteiger partial charge >= 0.3 is 0 Å². The number of aromatic hydroxyl groups is 1. The van der Waals surface area contributed by atoms with Crippen molar-refractivity contribution in [2.45, 2.75) is 6.54 Å². The molecule has 0 unspecified atom stereocenters. The van der Waals surface area contributed by atoms with E-state index in [0.29, 0.717) is 17.8 Å². The highest BCUT2D eigenvalue weighted by Gasteiger charge is 2.33. The first kappa shape index (κ1) is 16.7. The van der Waals surface area contributed by atoms with Gasteiger partial charge in [0.05, 0.1) is 18.4 Å². The predicted octanol–water partition coefficient (Wildman–Crippen LogP) is 3.76. The summed E-state index contributed by atoms with van der Waals surface area (Å²) in [5.41, 5.74) is 3.46. The normalized spacial score (nSPS) is 14.9. The van der Waals surface area contributed by atoms with E-state index in [9.17, 15) is 9.90 Å². The molecular weight excluding hydrogens is 338 g/mol. The molecule has 4 rings (SSSR count). The van der Waals surface area contributed by atoms with Gasteiger partial charge in [0.1, 0.15) is 5.75 Å². The fourth-order valence-corrected chi connectivity index (χ4v) is 3.03. The molecule has 132 valence electrons. The zero-order valence-electron chi connectivity index (χ0n) is 14.5. The van der Waals surface area contributed by atoms with E-state index in [1.54, 1.807) is 29.2 Å². The van der Waals surface area contributed by atoms with Crippen molar-refractivity contribution in [3.63, 3.8) is 0 Å². The van der Waals surface area contributed by atoms with E-state index < -0.39 is 0 Å². The van der Waals surface area contributed by atoms with Gasteiger partial charge in [-0.1, -0.05) is 60.7 Å². The van der Waals surface area contributed by atoms with Crippen molar-refractivity contribution >= 4 is 23.5 Å². The number of benzene rings is 3. The number of phenolic OH excluding ortho intramolecular Hbond substituents is 1. The highest BCUT2D eigenvalue weighted by atomic mass is 16.3. The number of rotatable bonds is 4. The lowest BCUT2D eigenvalue weighted by atomic mass is 10.1. The maximum Gasteiger partial charge on any atom is 0.279 e. The first-order valence-electron chi connectivity index (χ1n) is 8.58. The number of para-hydroxylation sites is 2. The molecule has 0 aliphatic carbocycles. The fourth-order valence-electron chi connectivity index (χ4n) is 3.03. The smallest absolute Gasteiger partial charge is 0.279 e. The molecule has 1 N–H and O–H groups in total. The van der Waals surface area contributed by atoms with E-state index >= 15 is 0 Å². The molecule has 0 radical (unpaired) electrons. The van der Waals surface area contributed by atoms with E-state index in [1.807, 2.05) is 54.6 Å². The van der Waals surface area contributed by atoms with Crippen LogP contribution < -0.4 is 4.90 Å². The average Bonchev–Trinajstić information content (AvgIpc) is 2.96. The molecule has 3 aromatic rings. The largest absolute Gasteiger partial charge is 0.507 e. The summed E-state index contributed by atoms with van der Waals surface area (Å²) >= 11 is 0. The lowest BCUT2D eigenvalue weighted by Crippen LogP contribution is -2.29. The van der Waals surface area contributed by atoms with Crippen molar-refractivity contribution < 1.29 is 9.90 Å². The molecule has 27 heavy (non-hydrogen) atoms. The van der Waals surface area contributed by atoms with Crippen LogP contribution in [-0.4, -0.2) is 22.9 Å². The van der Waals surface area contributed by atoms with Crippen molar-refractivity contribution in [3.8, 4) is 5.75 Å². The third-order valence-electron chi connectivity index (χ3n) is 4.37. The van der Waals surface area contributed by atoms with Crippen LogP contribution in [0.25, 0.3) is 0 Å². The summed E-state index contributed by atoms with van der Waals surface area (Å²) in [7, 11) is 0. The van der Waals surface area contributed by atoms with Crippen LogP contribution in [0, 0.1) is 0 Å². The number of amides is 1. The summed E-state index contributed by atoms with van der Waals surface area (Å²) in [6.07, 6.45) is 1.44. The highest BCUT2D eigenvalue weighted by molar-refractivity contribution is 6.54. The van der Waals surface area contributed by atoms with Gasteiger partial charge in [-0.05, 0) is 23.8 Å². The Hall–Kier alpha value is -3.73. The molecule has 5 heteroatoms. The van der Waals surface area contributed by atoms with Crippen molar-refractivity contribution in [2.24, 2.45) is 10.2 Å². The van der Waals surface area contributed by atoms with E-state index in [1.165, 1.54) is 6.21 Å². The second-order valence-corrected chi connectivity index (χ2v) is 6.15. The maximum atomic E-state index is 12.9. The van der Waals surface area contributed by atoms with E-state index in [0.717, 1.165) is 16.8 Å². The minimum Gasteiger partial charge on any atom is -0.507 e. The molecule has 0 atom stereocenters. The monoisotopic (exact) mass is 355 g/mol. The van der Waals surface area contributed by atoms with Gasteiger partial charge in [-0.25, -0.2) is 0 Å². The van der Waals surface area contributed by atoms with Crippen LogP contribution in [0.1, 0.15) is 16.7 Å². The molecule has 0 spiro atoms. The standard InChI is InChI=1S/C22H17N3O2/c26-20-13-7-4-10-17(20)14-23-24-21-18-11-5-6-12-19(18)25(22(21)27)15-16-8-2-1-3-9-16/h1-14,26H,15H2/b23-14-,24-21-. The molecule has 1 aliphatic rings. The number of hydrogen-bond acceptors (Lipinski definition) is 4. The van der Waals surface area contributed by atoms with Crippen LogP contribution in [0.15, 0.2) is 89.1 Å². The second-order valence-electron chi connectivity index (χ2n) is 6.15. The lowest BCUT2D eigenvalue weighted by molar-refractivity contribution is -0.112. The minimum atomic E-state index is -0.186. The lowest BCUT2D eigenvalue weighted by Gasteiger charge is -2.16. The van der Waals surface area contributed by atoms with E-state index in [4.69, 9.17) is 0 Å². The highest BCUT2D eigenvalue weighted by Crippen LogP contribution is 2.30. The number of fused-ring (bicyclic) bond motifs is 1. The Morgan fingerprint density at radius 1 is 0.889 bits per heavy atom. The Kier molecular flexibility index (Phi) is 4.49. The molecular formula is C22H17N3O2. The molecule has 0 bridgehead atoms. The van der Waals surface area contributed by atoms with Gasteiger partial charge in [-0.2, -0.15) is 5.10 Å². The van der Waals surface area contributed by atoms with Gasteiger partial charge in [0.15, 0.2) is 5.71 Å². The van der Waals surface area contributed by atoms with Crippen LogP contribution in [0.2, 0.25) is 0 Å². The van der Waals surface area contributed by atoms with E-state index in [-0.39, 0.29) is 11.7 Å². The van der Waals surface area contributed by atoms with Crippen LogP contribution in [0.5, 0.6) is 5.75 Å². The number of phenols is 1. The van der Waals surface area contributed by atoms with Crippen molar-refractivity contribution in [1.29, 1.82) is 0 Å². The zero-order chi connectivity index (χ0) is 18.6. The van der Waals surface area contributed by atoms with E-state index in [2.05, 4.69) is 10.2 Å². The van der Waals surface area contributed by atoms with Gasteiger partial charge in [0, 0.05) is 11.1 Å². The zero-order valence-corrected chi connectivity index (χ0v) is 14.5. The molecule has 0 saturated heterocycles. The van der Waals surface area contributed by atoms with Crippen LogP contribution in [0.4, 0.5) is 5.69 Å². The maximum absolute atomic E-state index is 12.9. The Morgan fingerprint density at radius 2 is 1.59 bits per heavy atom. The number of hydrogen-bond donors (Lipinski definition) is 1. The summed E-state index contributed by atoms with van der Waals surface area (Å²) in [6, 6.07) is 24.2. The fraction of sp³-hybridized carbons (Fsp3) is 0.0455. The first-order valence-corrected chi connectivity index (χ1v) is 8.58. The van der Waals surface area contributed by atoms with Crippen molar-refractivity contribution in [2.75, 3.05) is 4.90 Å². The van der Waals surface area contributed by atoms with Crippen LogP contribution in [-0.2, 0) is 11.3 Å². The third kappa shape index (κ3) is 3.35. The summed E-state index contributed by atoms with van der Waals surface area (Å²) in [5.74, 6) is -0.0696. The summed E-state index contributed by atoms with van der Waals surface area (Å²) in [4.78, 5) is 14.7. The van der Waals surface area contributed by atoms with Gasteiger partial charge < -0.3 is 10.0 Å². The van der Waals surface area contributed by atoms with Gasteiger partial charge in [-0.15, -0.1) is 5.10 Å². The minimum absolute atomic E-state index is 0.116. The van der Waals surface area contributed by atoms with Crippen molar-refractivity contribution in [1.82, 2.24) is 0 Å². The quantitative estimate of drug-likeness (QED) is 0.572. The summed E-state index contributed by atoms with van der Waals surface area (Å²) < 4.78 is 0. The average molecular weight is 355 g/mol. The van der Waals surface area contributed by atoms with Gasteiger partial charge in [0.25, 0.3) is 5.91 Å². The number of carbonyl (C=O) groups excluding carboxylic acids is 1. The molecule has 1 heterocycles. The Labute approximate surface area is 156 Å².